The van der Waals surface area contributed by atoms with Crippen molar-refractivity contribution < 1.29 is 14.3 Å². The molecule has 0 spiro atoms. The molecule has 1 unspecified atom stereocenters. The lowest BCUT2D eigenvalue weighted by Crippen LogP contribution is -2.57. The Morgan fingerprint density at radius 2 is 1.67 bits per heavy atom. The molecule has 0 aromatic rings. The van der Waals surface area contributed by atoms with Crippen molar-refractivity contribution in [2.24, 2.45) is 0 Å². The summed E-state index contributed by atoms with van der Waals surface area (Å²) in [5.41, 5.74) is -0.477. The number of alkyl carbamates (subject to hydrolysis) is 1. The highest BCUT2D eigenvalue weighted by Crippen LogP contribution is 2.21. The summed E-state index contributed by atoms with van der Waals surface area (Å²) in [5, 5.41) is 8.98. The standard InChI is InChI=1S/C15H29N3O3/c1-9(2)16-13(19)10(3)17-11-7-12(8-11)18-14(20)21-15(4,5)6/h9-12,17H,7-8H2,1-6H3,(H,16,19)(H,18,20). The number of carbonyl (C=O) groups excluding carboxylic acids is 2. The van der Waals surface area contributed by atoms with Gasteiger partial charge in [0.1, 0.15) is 5.60 Å². The van der Waals surface area contributed by atoms with Crippen LogP contribution in [0.4, 0.5) is 4.79 Å². The lowest BCUT2D eigenvalue weighted by molar-refractivity contribution is -0.123. The molecule has 6 heteroatoms. The fraction of sp³-hybridized carbons (Fsp3) is 0.867. The molecule has 0 saturated heterocycles. The van der Waals surface area contributed by atoms with E-state index < -0.39 is 5.60 Å². The lowest BCUT2D eigenvalue weighted by Gasteiger charge is -2.38. The zero-order chi connectivity index (χ0) is 16.2. The smallest absolute Gasteiger partial charge is 0.407 e. The molecule has 3 N–H and O–H groups in total. The van der Waals surface area contributed by atoms with E-state index in [0.29, 0.717) is 0 Å². The maximum atomic E-state index is 11.8. The first-order valence-corrected chi connectivity index (χ1v) is 7.62. The summed E-state index contributed by atoms with van der Waals surface area (Å²) >= 11 is 0. The molecule has 0 bridgehead atoms. The molecule has 21 heavy (non-hydrogen) atoms. The highest BCUT2D eigenvalue weighted by atomic mass is 16.6. The minimum absolute atomic E-state index is 0.00792. The molecule has 0 aromatic heterocycles. The van der Waals surface area contributed by atoms with Gasteiger partial charge in [0.2, 0.25) is 5.91 Å². The van der Waals surface area contributed by atoms with Crippen LogP contribution < -0.4 is 16.0 Å². The van der Waals surface area contributed by atoms with E-state index in [1.165, 1.54) is 0 Å². The van der Waals surface area contributed by atoms with Gasteiger partial charge in [-0.05, 0) is 54.4 Å². The van der Waals surface area contributed by atoms with Crippen LogP contribution in [-0.2, 0) is 9.53 Å². The Morgan fingerprint density at radius 1 is 1.10 bits per heavy atom. The van der Waals surface area contributed by atoms with Crippen molar-refractivity contribution in [3.05, 3.63) is 0 Å². The van der Waals surface area contributed by atoms with E-state index in [1.807, 2.05) is 41.5 Å². The van der Waals surface area contributed by atoms with Gasteiger partial charge in [0.25, 0.3) is 0 Å². The second-order valence-electron chi connectivity index (χ2n) is 7.06. The van der Waals surface area contributed by atoms with Gasteiger partial charge in [0.15, 0.2) is 0 Å². The number of nitrogens with one attached hydrogen (secondary N) is 3. The summed E-state index contributed by atoms with van der Waals surface area (Å²) in [6.07, 6.45) is 1.26. The largest absolute Gasteiger partial charge is 0.444 e. The van der Waals surface area contributed by atoms with E-state index in [9.17, 15) is 9.59 Å². The first-order valence-electron chi connectivity index (χ1n) is 7.62. The zero-order valence-corrected chi connectivity index (χ0v) is 13.9. The highest BCUT2D eigenvalue weighted by Gasteiger charge is 2.33. The fourth-order valence-corrected chi connectivity index (χ4v) is 2.18. The van der Waals surface area contributed by atoms with Crippen molar-refractivity contribution in [3.63, 3.8) is 0 Å². The van der Waals surface area contributed by atoms with Gasteiger partial charge in [-0.2, -0.15) is 0 Å². The van der Waals surface area contributed by atoms with Crippen LogP contribution in [0.15, 0.2) is 0 Å². The van der Waals surface area contributed by atoms with Gasteiger partial charge in [-0.1, -0.05) is 0 Å². The summed E-state index contributed by atoms with van der Waals surface area (Å²) in [4.78, 5) is 23.4. The molecule has 1 rings (SSSR count). The third kappa shape index (κ3) is 6.80. The Hall–Kier alpha value is -1.30. The van der Waals surface area contributed by atoms with Crippen molar-refractivity contribution in [1.29, 1.82) is 0 Å². The molecule has 1 saturated carbocycles. The Kier molecular flexibility index (Phi) is 6.01. The summed E-state index contributed by atoms with van der Waals surface area (Å²) in [6, 6.07) is 0.306. The summed E-state index contributed by atoms with van der Waals surface area (Å²) < 4.78 is 5.21. The number of carbonyl (C=O) groups is 2. The van der Waals surface area contributed by atoms with Crippen LogP contribution in [0.25, 0.3) is 0 Å². The molecule has 6 nitrogen and oxygen atoms in total. The first-order chi connectivity index (χ1) is 9.56. The number of ether oxygens (including phenoxy) is 1. The van der Waals surface area contributed by atoms with Crippen molar-refractivity contribution in [1.82, 2.24) is 16.0 Å². The average Bonchev–Trinajstić information content (AvgIpc) is 2.22. The van der Waals surface area contributed by atoms with E-state index in [-0.39, 0.29) is 36.2 Å². The Morgan fingerprint density at radius 3 is 2.14 bits per heavy atom. The zero-order valence-electron chi connectivity index (χ0n) is 13.9. The molecule has 1 fully saturated rings. The first kappa shape index (κ1) is 17.8. The maximum absolute atomic E-state index is 11.8. The van der Waals surface area contributed by atoms with Crippen LogP contribution in [0, 0.1) is 0 Å². The lowest BCUT2D eigenvalue weighted by atomic mass is 9.86. The van der Waals surface area contributed by atoms with Crippen LogP contribution in [0.2, 0.25) is 0 Å². The maximum Gasteiger partial charge on any atom is 0.407 e. The third-order valence-corrected chi connectivity index (χ3v) is 3.17. The fourth-order valence-electron chi connectivity index (χ4n) is 2.18. The predicted molar refractivity (Wildman–Crippen MR) is 82.1 cm³/mol. The van der Waals surface area contributed by atoms with Gasteiger partial charge in [-0.3, -0.25) is 4.79 Å². The van der Waals surface area contributed by atoms with Gasteiger partial charge in [-0.25, -0.2) is 4.79 Å². The number of rotatable bonds is 5. The number of hydrogen-bond acceptors (Lipinski definition) is 4. The molecule has 0 aromatic carbocycles. The van der Waals surface area contributed by atoms with Crippen LogP contribution in [-0.4, -0.2) is 41.8 Å². The van der Waals surface area contributed by atoms with Crippen molar-refractivity contribution in [2.75, 3.05) is 0 Å². The Bertz CT molecular complexity index is 371. The van der Waals surface area contributed by atoms with Crippen LogP contribution >= 0.6 is 0 Å². The number of amides is 2. The molecule has 0 heterocycles. The Balaban J connectivity index is 2.21. The van der Waals surface area contributed by atoms with E-state index in [2.05, 4.69) is 16.0 Å². The molecule has 122 valence electrons. The van der Waals surface area contributed by atoms with Gasteiger partial charge < -0.3 is 20.7 Å². The van der Waals surface area contributed by atoms with E-state index in [4.69, 9.17) is 4.74 Å². The molecule has 1 aliphatic carbocycles. The van der Waals surface area contributed by atoms with Gasteiger partial charge in [-0.15, -0.1) is 0 Å². The van der Waals surface area contributed by atoms with E-state index in [0.717, 1.165) is 12.8 Å². The van der Waals surface area contributed by atoms with E-state index in [1.54, 1.807) is 0 Å². The highest BCUT2D eigenvalue weighted by molar-refractivity contribution is 5.81. The molecule has 0 aliphatic heterocycles. The van der Waals surface area contributed by atoms with Crippen molar-refractivity contribution >= 4 is 12.0 Å². The second-order valence-corrected chi connectivity index (χ2v) is 7.06. The molecule has 0 radical (unpaired) electrons. The van der Waals surface area contributed by atoms with E-state index >= 15 is 0 Å². The van der Waals surface area contributed by atoms with Crippen molar-refractivity contribution in [3.8, 4) is 0 Å². The third-order valence-electron chi connectivity index (χ3n) is 3.17. The van der Waals surface area contributed by atoms with Gasteiger partial charge in [0, 0.05) is 18.1 Å². The van der Waals surface area contributed by atoms with Crippen LogP contribution in [0.5, 0.6) is 0 Å². The molecule has 1 aliphatic rings. The normalized spacial score (nSPS) is 23.2. The van der Waals surface area contributed by atoms with Crippen LogP contribution in [0.1, 0.15) is 54.4 Å². The monoisotopic (exact) mass is 299 g/mol. The Labute approximate surface area is 127 Å². The summed E-state index contributed by atoms with van der Waals surface area (Å²) in [5.74, 6) is 0.00792. The average molecular weight is 299 g/mol. The van der Waals surface area contributed by atoms with Crippen molar-refractivity contribution in [2.45, 2.75) is 84.2 Å². The predicted octanol–water partition coefficient (Wildman–Crippen LogP) is 1.54. The minimum atomic E-state index is -0.477. The summed E-state index contributed by atoms with van der Waals surface area (Å²) in [7, 11) is 0. The van der Waals surface area contributed by atoms with Gasteiger partial charge >= 0.3 is 6.09 Å². The SMILES string of the molecule is CC(C)NC(=O)C(C)NC1CC(NC(=O)OC(C)(C)C)C1. The number of hydrogen-bond donors (Lipinski definition) is 3. The molecule has 1 atom stereocenters. The second kappa shape index (κ2) is 7.11. The van der Waals surface area contributed by atoms with Gasteiger partial charge in [0.05, 0.1) is 6.04 Å². The minimum Gasteiger partial charge on any atom is -0.444 e. The summed E-state index contributed by atoms with van der Waals surface area (Å²) in [6.45, 7) is 11.3. The quantitative estimate of drug-likeness (QED) is 0.719. The molecular weight excluding hydrogens is 270 g/mol. The molecular formula is C15H29N3O3. The molecule has 2 amide bonds. The topological polar surface area (TPSA) is 79.5 Å². The van der Waals surface area contributed by atoms with Crippen LogP contribution in [0.3, 0.4) is 0 Å².